The van der Waals surface area contributed by atoms with E-state index in [1.165, 1.54) is 43.1 Å². The van der Waals surface area contributed by atoms with Crippen LogP contribution in [0, 0.1) is 11.8 Å². The van der Waals surface area contributed by atoms with Crippen molar-refractivity contribution in [2.24, 2.45) is 11.8 Å². The molecule has 0 amide bonds. The van der Waals surface area contributed by atoms with Gasteiger partial charge in [0.2, 0.25) is 0 Å². The zero-order chi connectivity index (χ0) is 13.5. The highest BCUT2D eigenvalue weighted by molar-refractivity contribution is 5.90. The fraction of sp³-hybridized carbons (Fsp3) is 0.625. The van der Waals surface area contributed by atoms with Gasteiger partial charge < -0.3 is 10.3 Å². The molecule has 2 heterocycles. The van der Waals surface area contributed by atoms with Crippen LogP contribution in [0.15, 0.2) is 12.5 Å². The molecule has 2 unspecified atom stereocenters. The van der Waals surface area contributed by atoms with Gasteiger partial charge in [-0.05, 0) is 36.7 Å². The molecule has 2 aliphatic rings. The molecule has 2 saturated carbocycles. The molecule has 0 radical (unpaired) electrons. The number of H-pyrrole nitrogens is 1. The van der Waals surface area contributed by atoms with E-state index in [2.05, 4.69) is 33.4 Å². The van der Waals surface area contributed by atoms with Gasteiger partial charge in [0.15, 0.2) is 0 Å². The van der Waals surface area contributed by atoms with Gasteiger partial charge in [-0.3, -0.25) is 0 Å². The lowest BCUT2D eigenvalue weighted by Gasteiger charge is -2.15. The van der Waals surface area contributed by atoms with Gasteiger partial charge in [-0.2, -0.15) is 0 Å². The molecule has 2 aromatic rings. The predicted molar refractivity (Wildman–Crippen MR) is 80.7 cm³/mol. The van der Waals surface area contributed by atoms with E-state index in [4.69, 9.17) is 0 Å². The molecule has 2 aromatic heterocycles. The summed E-state index contributed by atoms with van der Waals surface area (Å²) in [5.74, 6) is 2.95. The molecule has 2 atom stereocenters. The molecular weight excluding hydrogens is 248 g/mol. The molecule has 106 valence electrons. The van der Waals surface area contributed by atoms with Crippen LogP contribution in [0.1, 0.15) is 44.6 Å². The van der Waals surface area contributed by atoms with Gasteiger partial charge in [-0.15, -0.1) is 0 Å². The van der Waals surface area contributed by atoms with E-state index < -0.39 is 0 Å². The highest BCUT2D eigenvalue weighted by Crippen LogP contribution is 2.44. The highest BCUT2D eigenvalue weighted by Gasteiger charge is 2.37. The lowest BCUT2D eigenvalue weighted by molar-refractivity contribution is 0.457. The summed E-state index contributed by atoms with van der Waals surface area (Å²) in [5, 5.41) is 4.89. The fourth-order valence-corrected chi connectivity index (χ4v) is 4.29. The number of aromatic nitrogens is 3. The Morgan fingerprint density at radius 1 is 1.25 bits per heavy atom. The molecular formula is C16H22N4. The molecule has 0 aliphatic heterocycles. The van der Waals surface area contributed by atoms with Gasteiger partial charge in [-0.1, -0.05) is 26.2 Å². The van der Waals surface area contributed by atoms with Crippen LogP contribution in [0.5, 0.6) is 0 Å². The van der Waals surface area contributed by atoms with Crippen LogP contribution in [0.4, 0.5) is 5.82 Å². The van der Waals surface area contributed by atoms with E-state index in [0.29, 0.717) is 6.04 Å². The zero-order valence-electron chi connectivity index (χ0n) is 12.0. The quantitative estimate of drug-likeness (QED) is 0.897. The Labute approximate surface area is 119 Å². The minimum Gasteiger partial charge on any atom is -0.367 e. The smallest absolute Gasteiger partial charge is 0.143 e. The topological polar surface area (TPSA) is 53.6 Å². The van der Waals surface area contributed by atoms with Crippen molar-refractivity contribution in [3.63, 3.8) is 0 Å². The number of rotatable bonds is 3. The molecule has 20 heavy (non-hydrogen) atoms. The number of nitrogens with zero attached hydrogens (tertiary/aromatic N) is 2. The van der Waals surface area contributed by atoms with Crippen molar-refractivity contribution in [2.75, 3.05) is 5.32 Å². The standard InChI is InChI=1S/C16H22N4/c1-2-10-8-17-15-14(10)16(19-9-18-15)20-13-6-11-4-3-5-12(11)7-13/h8-9,11-13H,2-7H2,1H3,(H2,17,18,19,20). The third-order valence-electron chi connectivity index (χ3n) is 5.26. The zero-order valence-corrected chi connectivity index (χ0v) is 12.0. The number of fused-ring (bicyclic) bond motifs is 2. The Bertz CT molecular complexity index is 606. The normalized spacial score (nSPS) is 28.9. The molecule has 0 bridgehead atoms. The Morgan fingerprint density at radius 2 is 2.05 bits per heavy atom. The summed E-state index contributed by atoms with van der Waals surface area (Å²) in [6, 6.07) is 0.600. The van der Waals surface area contributed by atoms with Crippen LogP contribution in [0.25, 0.3) is 11.0 Å². The van der Waals surface area contributed by atoms with Crippen molar-refractivity contribution in [1.82, 2.24) is 15.0 Å². The molecule has 2 fully saturated rings. The Balaban J connectivity index is 1.61. The molecule has 0 spiro atoms. The van der Waals surface area contributed by atoms with E-state index in [-0.39, 0.29) is 0 Å². The Hall–Kier alpha value is -1.58. The van der Waals surface area contributed by atoms with E-state index in [0.717, 1.165) is 29.7 Å². The summed E-state index contributed by atoms with van der Waals surface area (Å²) in [5.41, 5.74) is 2.26. The van der Waals surface area contributed by atoms with Crippen molar-refractivity contribution in [3.05, 3.63) is 18.1 Å². The van der Waals surface area contributed by atoms with Crippen molar-refractivity contribution in [1.29, 1.82) is 0 Å². The van der Waals surface area contributed by atoms with Gasteiger partial charge >= 0.3 is 0 Å². The van der Waals surface area contributed by atoms with Gasteiger partial charge in [-0.25, -0.2) is 9.97 Å². The van der Waals surface area contributed by atoms with E-state index in [9.17, 15) is 0 Å². The molecule has 4 rings (SSSR count). The SMILES string of the molecule is CCc1c[nH]c2ncnc(NC3CC4CCCC4C3)c12. The molecule has 2 aliphatic carbocycles. The second kappa shape index (κ2) is 4.76. The maximum Gasteiger partial charge on any atom is 0.143 e. The minimum atomic E-state index is 0.600. The van der Waals surface area contributed by atoms with E-state index in [1.807, 2.05) is 0 Å². The first-order valence-corrected chi connectivity index (χ1v) is 7.92. The third kappa shape index (κ3) is 1.89. The lowest BCUT2D eigenvalue weighted by atomic mass is 10.0. The summed E-state index contributed by atoms with van der Waals surface area (Å²) in [4.78, 5) is 12.1. The monoisotopic (exact) mass is 270 g/mol. The third-order valence-corrected chi connectivity index (χ3v) is 5.26. The first kappa shape index (κ1) is 12.2. The minimum absolute atomic E-state index is 0.600. The van der Waals surface area contributed by atoms with Gasteiger partial charge in [0.05, 0.1) is 5.39 Å². The first-order valence-electron chi connectivity index (χ1n) is 7.92. The molecule has 0 aromatic carbocycles. The summed E-state index contributed by atoms with van der Waals surface area (Å²) in [6.07, 6.45) is 11.7. The van der Waals surface area contributed by atoms with Gasteiger partial charge in [0.1, 0.15) is 17.8 Å². The van der Waals surface area contributed by atoms with Crippen molar-refractivity contribution >= 4 is 16.9 Å². The number of hydrogen-bond acceptors (Lipinski definition) is 3. The van der Waals surface area contributed by atoms with Crippen LogP contribution < -0.4 is 5.32 Å². The average Bonchev–Trinajstić information content (AvgIpc) is 3.11. The Morgan fingerprint density at radius 3 is 2.80 bits per heavy atom. The maximum absolute atomic E-state index is 4.50. The van der Waals surface area contributed by atoms with Crippen molar-refractivity contribution in [2.45, 2.75) is 51.5 Å². The Kier molecular flexibility index (Phi) is 2.90. The van der Waals surface area contributed by atoms with E-state index in [1.54, 1.807) is 6.33 Å². The van der Waals surface area contributed by atoms with Crippen LogP contribution in [0.2, 0.25) is 0 Å². The van der Waals surface area contributed by atoms with Crippen LogP contribution >= 0.6 is 0 Å². The van der Waals surface area contributed by atoms with Gasteiger partial charge in [0, 0.05) is 12.2 Å². The molecule has 4 nitrogen and oxygen atoms in total. The molecule has 2 N–H and O–H groups in total. The summed E-state index contributed by atoms with van der Waals surface area (Å²) in [6.45, 7) is 2.18. The summed E-state index contributed by atoms with van der Waals surface area (Å²) >= 11 is 0. The second-order valence-electron chi connectivity index (χ2n) is 6.38. The molecule has 4 heteroatoms. The summed E-state index contributed by atoms with van der Waals surface area (Å²) in [7, 11) is 0. The fourth-order valence-electron chi connectivity index (χ4n) is 4.29. The van der Waals surface area contributed by atoms with E-state index >= 15 is 0 Å². The van der Waals surface area contributed by atoms with Crippen molar-refractivity contribution < 1.29 is 0 Å². The van der Waals surface area contributed by atoms with Crippen LogP contribution in [-0.4, -0.2) is 21.0 Å². The predicted octanol–water partition coefficient (Wildman–Crippen LogP) is 3.51. The number of aryl methyl sites for hydroxylation is 1. The second-order valence-corrected chi connectivity index (χ2v) is 6.38. The van der Waals surface area contributed by atoms with Crippen LogP contribution in [-0.2, 0) is 6.42 Å². The number of hydrogen-bond donors (Lipinski definition) is 2. The largest absolute Gasteiger partial charge is 0.367 e. The first-order chi connectivity index (χ1) is 9.85. The van der Waals surface area contributed by atoms with Gasteiger partial charge in [0.25, 0.3) is 0 Å². The van der Waals surface area contributed by atoms with Crippen molar-refractivity contribution in [3.8, 4) is 0 Å². The number of anilines is 1. The van der Waals surface area contributed by atoms with Crippen LogP contribution in [0.3, 0.4) is 0 Å². The number of aromatic amines is 1. The molecule has 0 saturated heterocycles. The summed E-state index contributed by atoms with van der Waals surface area (Å²) < 4.78 is 0. The average molecular weight is 270 g/mol. The number of nitrogens with one attached hydrogen (secondary N) is 2. The lowest BCUT2D eigenvalue weighted by Crippen LogP contribution is -2.17. The maximum atomic E-state index is 4.50. The highest BCUT2D eigenvalue weighted by atomic mass is 15.1.